The standard InChI is InChI=1S/C16H13FN2O5/c17-11-5-3-10(4-6-11)8-12(15(22)18-9-14(20)21)19-16(23)13-2-1-7-24-13/h1-8H,9H2,(H,18,22)(H,19,23)(H,20,21)/p-1/b12-8+. The topological polar surface area (TPSA) is 111 Å². The van der Waals surface area contributed by atoms with E-state index in [1.807, 2.05) is 0 Å². The second-order valence-corrected chi connectivity index (χ2v) is 4.60. The third-order valence-electron chi connectivity index (χ3n) is 2.81. The predicted octanol–water partition coefficient (Wildman–Crippen LogP) is 0.0557. The van der Waals surface area contributed by atoms with Crippen LogP contribution in [0.15, 0.2) is 52.8 Å². The lowest BCUT2D eigenvalue weighted by atomic mass is 10.2. The van der Waals surface area contributed by atoms with Crippen LogP contribution in [0.5, 0.6) is 0 Å². The molecule has 2 amide bonds. The Labute approximate surface area is 135 Å². The van der Waals surface area contributed by atoms with Crippen LogP contribution in [0.1, 0.15) is 16.1 Å². The second-order valence-electron chi connectivity index (χ2n) is 4.60. The Hall–Kier alpha value is -3.42. The Morgan fingerprint density at radius 2 is 1.88 bits per heavy atom. The van der Waals surface area contributed by atoms with Gasteiger partial charge in [0, 0.05) is 0 Å². The van der Waals surface area contributed by atoms with Crippen LogP contribution in [0.25, 0.3) is 6.08 Å². The van der Waals surface area contributed by atoms with Crippen molar-refractivity contribution in [3.8, 4) is 0 Å². The lowest BCUT2D eigenvalue weighted by molar-refractivity contribution is -0.303. The summed E-state index contributed by atoms with van der Waals surface area (Å²) in [6.07, 6.45) is 2.55. The minimum atomic E-state index is -1.48. The van der Waals surface area contributed by atoms with Crippen LogP contribution in [0, 0.1) is 5.82 Å². The summed E-state index contributed by atoms with van der Waals surface area (Å²) in [6.45, 7) is -0.726. The number of aliphatic carboxylic acids is 1. The van der Waals surface area contributed by atoms with Crippen molar-refractivity contribution in [1.82, 2.24) is 10.6 Å². The van der Waals surface area contributed by atoms with Gasteiger partial charge in [0.05, 0.1) is 18.8 Å². The summed E-state index contributed by atoms with van der Waals surface area (Å²) in [5, 5.41) is 14.8. The third kappa shape index (κ3) is 4.80. The monoisotopic (exact) mass is 331 g/mol. The second kappa shape index (κ2) is 7.73. The molecule has 0 fully saturated rings. The van der Waals surface area contributed by atoms with E-state index in [-0.39, 0.29) is 11.5 Å². The molecule has 0 atom stereocenters. The van der Waals surface area contributed by atoms with Crippen molar-refractivity contribution < 1.29 is 28.3 Å². The Morgan fingerprint density at radius 1 is 1.17 bits per heavy atom. The van der Waals surface area contributed by atoms with Crippen LogP contribution in [0.4, 0.5) is 4.39 Å². The average Bonchev–Trinajstić information content (AvgIpc) is 3.08. The molecule has 24 heavy (non-hydrogen) atoms. The van der Waals surface area contributed by atoms with Gasteiger partial charge in [0.25, 0.3) is 11.8 Å². The van der Waals surface area contributed by atoms with Gasteiger partial charge in [-0.2, -0.15) is 0 Å². The van der Waals surface area contributed by atoms with Gasteiger partial charge in [-0.1, -0.05) is 12.1 Å². The first-order valence-electron chi connectivity index (χ1n) is 6.76. The number of furan rings is 1. The fourth-order valence-corrected chi connectivity index (χ4v) is 1.72. The molecule has 8 heteroatoms. The Balaban J connectivity index is 2.23. The fraction of sp³-hybridized carbons (Fsp3) is 0.0625. The van der Waals surface area contributed by atoms with E-state index in [1.165, 1.54) is 48.7 Å². The summed E-state index contributed by atoms with van der Waals surface area (Å²) >= 11 is 0. The average molecular weight is 331 g/mol. The highest BCUT2D eigenvalue weighted by atomic mass is 19.1. The molecule has 0 bridgehead atoms. The zero-order valence-corrected chi connectivity index (χ0v) is 12.2. The maximum atomic E-state index is 12.9. The molecule has 0 aliphatic carbocycles. The first kappa shape index (κ1) is 16.9. The lowest BCUT2D eigenvalue weighted by Gasteiger charge is -2.10. The predicted molar refractivity (Wildman–Crippen MR) is 78.6 cm³/mol. The van der Waals surface area contributed by atoms with Crippen LogP contribution in [0.3, 0.4) is 0 Å². The van der Waals surface area contributed by atoms with Crippen LogP contribution < -0.4 is 15.7 Å². The summed E-state index contributed by atoms with van der Waals surface area (Å²) in [6, 6.07) is 8.02. The summed E-state index contributed by atoms with van der Waals surface area (Å²) in [5.74, 6) is -3.52. The number of nitrogens with one attached hydrogen (secondary N) is 2. The van der Waals surface area contributed by atoms with Gasteiger partial charge in [-0.05, 0) is 35.9 Å². The molecular formula is C16H12FN2O5-. The van der Waals surface area contributed by atoms with Crippen LogP contribution in [-0.2, 0) is 9.59 Å². The maximum Gasteiger partial charge on any atom is 0.291 e. The number of hydrogen-bond donors (Lipinski definition) is 2. The van der Waals surface area contributed by atoms with E-state index in [2.05, 4.69) is 10.6 Å². The molecule has 1 heterocycles. The molecule has 0 spiro atoms. The molecule has 1 aromatic carbocycles. The molecule has 0 saturated heterocycles. The van der Waals surface area contributed by atoms with Gasteiger partial charge in [0.15, 0.2) is 5.76 Å². The molecular weight excluding hydrogens is 319 g/mol. The molecule has 0 unspecified atom stereocenters. The number of carboxylic acid groups (broad SMARTS) is 1. The highest BCUT2D eigenvalue weighted by Gasteiger charge is 2.16. The van der Waals surface area contributed by atoms with Gasteiger partial charge < -0.3 is 25.0 Å². The molecule has 2 rings (SSSR count). The van der Waals surface area contributed by atoms with Gasteiger partial charge >= 0.3 is 0 Å². The summed E-state index contributed by atoms with van der Waals surface area (Å²) in [4.78, 5) is 34.5. The number of rotatable bonds is 6. The molecule has 2 N–H and O–H groups in total. The number of hydrogen-bond acceptors (Lipinski definition) is 5. The van der Waals surface area contributed by atoms with E-state index < -0.39 is 30.1 Å². The van der Waals surface area contributed by atoms with Crippen molar-refractivity contribution in [3.63, 3.8) is 0 Å². The zero-order valence-electron chi connectivity index (χ0n) is 12.2. The van der Waals surface area contributed by atoms with Gasteiger partial charge in [0.1, 0.15) is 11.5 Å². The Kier molecular flexibility index (Phi) is 5.45. The first-order valence-corrected chi connectivity index (χ1v) is 6.76. The van der Waals surface area contributed by atoms with E-state index >= 15 is 0 Å². The smallest absolute Gasteiger partial charge is 0.291 e. The number of carbonyl (C=O) groups is 3. The summed E-state index contributed by atoms with van der Waals surface area (Å²) in [7, 11) is 0. The first-order chi connectivity index (χ1) is 11.5. The minimum Gasteiger partial charge on any atom is -0.548 e. The van der Waals surface area contributed by atoms with Gasteiger partial charge in [-0.3, -0.25) is 9.59 Å². The van der Waals surface area contributed by atoms with E-state index in [0.29, 0.717) is 5.56 Å². The highest BCUT2D eigenvalue weighted by molar-refractivity contribution is 6.04. The Morgan fingerprint density at radius 3 is 2.46 bits per heavy atom. The molecule has 2 aromatic rings. The largest absolute Gasteiger partial charge is 0.548 e. The highest BCUT2D eigenvalue weighted by Crippen LogP contribution is 2.09. The van der Waals surface area contributed by atoms with Crippen molar-refractivity contribution >= 4 is 23.9 Å². The molecule has 0 aliphatic heterocycles. The number of amides is 2. The lowest BCUT2D eigenvalue weighted by Crippen LogP contribution is -2.41. The van der Waals surface area contributed by atoms with Crippen LogP contribution in [-0.4, -0.2) is 24.3 Å². The normalized spacial score (nSPS) is 11.0. The summed E-state index contributed by atoms with van der Waals surface area (Å²) < 4.78 is 17.8. The van der Waals surface area contributed by atoms with Crippen molar-refractivity contribution in [1.29, 1.82) is 0 Å². The van der Waals surface area contributed by atoms with Crippen molar-refractivity contribution in [2.75, 3.05) is 6.54 Å². The van der Waals surface area contributed by atoms with Crippen molar-refractivity contribution in [2.45, 2.75) is 0 Å². The zero-order chi connectivity index (χ0) is 17.5. The van der Waals surface area contributed by atoms with Gasteiger partial charge in [0.2, 0.25) is 0 Å². The van der Waals surface area contributed by atoms with Gasteiger partial charge in [-0.25, -0.2) is 4.39 Å². The third-order valence-corrected chi connectivity index (χ3v) is 2.81. The van der Waals surface area contributed by atoms with E-state index in [0.717, 1.165) is 0 Å². The molecule has 0 radical (unpaired) electrons. The fourth-order valence-electron chi connectivity index (χ4n) is 1.72. The van der Waals surface area contributed by atoms with Crippen molar-refractivity contribution in [2.24, 2.45) is 0 Å². The van der Waals surface area contributed by atoms with Crippen molar-refractivity contribution in [3.05, 3.63) is 65.5 Å². The Bertz CT molecular complexity index is 766. The van der Waals surface area contributed by atoms with Gasteiger partial charge in [-0.15, -0.1) is 0 Å². The number of halogens is 1. The SMILES string of the molecule is O=C([O-])CNC(=O)/C(=C\c1ccc(F)cc1)NC(=O)c1ccco1. The number of carboxylic acids is 1. The quantitative estimate of drug-likeness (QED) is 0.727. The molecule has 7 nitrogen and oxygen atoms in total. The number of carbonyl (C=O) groups excluding carboxylic acids is 3. The molecule has 1 aromatic heterocycles. The van der Waals surface area contributed by atoms with Crippen LogP contribution in [0.2, 0.25) is 0 Å². The van der Waals surface area contributed by atoms with E-state index in [4.69, 9.17) is 4.42 Å². The molecule has 124 valence electrons. The molecule has 0 saturated carbocycles. The number of benzene rings is 1. The maximum absolute atomic E-state index is 12.9. The minimum absolute atomic E-state index is 0.0345. The van der Waals surface area contributed by atoms with E-state index in [9.17, 15) is 23.9 Å². The summed E-state index contributed by atoms with van der Waals surface area (Å²) in [5.41, 5.74) is 0.194. The van der Waals surface area contributed by atoms with Crippen LogP contribution >= 0.6 is 0 Å². The molecule has 0 aliphatic rings. The van der Waals surface area contributed by atoms with E-state index in [1.54, 1.807) is 0 Å².